The van der Waals surface area contributed by atoms with Gasteiger partial charge in [-0.15, -0.1) is 10.2 Å². The van der Waals surface area contributed by atoms with Crippen LogP contribution in [0.5, 0.6) is 5.88 Å². The van der Waals surface area contributed by atoms with Crippen molar-refractivity contribution in [1.29, 1.82) is 0 Å². The molecule has 2 rings (SSSR count). The molecule has 0 aromatic carbocycles. The number of carboxylic acids is 1. The maximum atomic E-state index is 10.9. The van der Waals surface area contributed by atoms with E-state index in [4.69, 9.17) is 21.4 Å². The number of methoxy groups -OCH3 is 1. The van der Waals surface area contributed by atoms with Gasteiger partial charge in [0.1, 0.15) is 5.69 Å². The molecule has 2 aromatic heterocycles. The molecule has 0 spiro atoms. The second kappa shape index (κ2) is 4.92. The Morgan fingerprint density at radius 3 is 2.72 bits per heavy atom. The molecule has 8 heteroatoms. The topological polar surface area (TPSA) is 98.1 Å². The SMILES string of the molecule is COc1ccc(-c2ncc(Cl)c(C(=O)O)n2)nn1. The minimum atomic E-state index is -1.23. The van der Waals surface area contributed by atoms with Crippen LogP contribution in [0.2, 0.25) is 5.02 Å². The molecule has 0 saturated heterocycles. The van der Waals surface area contributed by atoms with E-state index in [1.54, 1.807) is 12.1 Å². The summed E-state index contributed by atoms with van der Waals surface area (Å²) in [6, 6.07) is 3.14. The first-order chi connectivity index (χ1) is 8.61. The predicted octanol–water partition coefficient (Wildman–Crippen LogP) is 1.29. The van der Waals surface area contributed by atoms with Crippen LogP contribution in [0.25, 0.3) is 11.5 Å². The van der Waals surface area contributed by atoms with Gasteiger partial charge in [0, 0.05) is 6.07 Å². The molecule has 0 aliphatic carbocycles. The summed E-state index contributed by atoms with van der Waals surface area (Å²) in [5.41, 5.74) is 0.0502. The molecule has 0 atom stereocenters. The minimum Gasteiger partial charge on any atom is -0.480 e. The van der Waals surface area contributed by atoms with Gasteiger partial charge in [0.05, 0.1) is 18.3 Å². The molecule has 0 radical (unpaired) electrons. The van der Waals surface area contributed by atoms with Gasteiger partial charge < -0.3 is 9.84 Å². The second-order valence-electron chi connectivity index (χ2n) is 3.16. The first-order valence-corrected chi connectivity index (χ1v) is 5.13. The molecule has 0 amide bonds. The van der Waals surface area contributed by atoms with Crippen LogP contribution in [0.1, 0.15) is 10.5 Å². The van der Waals surface area contributed by atoms with E-state index in [9.17, 15) is 4.79 Å². The molecule has 92 valence electrons. The first-order valence-electron chi connectivity index (χ1n) is 4.75. The maximum absolute atomic E-state index is 10.9. The van der Waals surface area contributed by atoms with Gasteiger partial charge in [-0.2, -0.15) is 0 Å². The molecular formula is C10H7ClN4O3. The highest BCUT2D eigenvalue weighted by molar-refractivity contribution is 6.33. The van der Waals surface area contributed by atoms with Crippen LogP contribution in [0, 0.1) is 0 Å². The zero-order chi connectivity index (χ0) is 13.1. The number of nitrogens with zero attached hydrogens (tertiary/aromatic N) is 4. The number of hydrogen-bond acceptors (Lipinski definition) is 6. The molecule has 18 heavy (non-hydrogen) atoms. The highest BCUT2D eigenvalue weighted by Gasteiger charge is 2.14. The number of carbonyl (C=O) groups is 1. The lowest BCUT2D eigenvalue weighted by molar-refractivity contribution is 0.0690. The number of rotatable bonds is 3. The molecule has 2 heterocycles. The number of halogens is 1. The Bertz CT molecular complexity index is 588. The first kappa shape index (κ1) is 12.2. The van der Waals surface area contributed by atoms with Crippen molar-refractivity contribution in [2.45, 2.75) is 0 Å². The summed E-state index contributed by atoms with van der Waals surface area (Å²) in [7, 11) is 1.46. The molecule has 0 aliphatic rings. The van der Waals surface area contributed by atoms with Crippen molar-refractivity contribution < 1.29 is 14.6 Å². The van der Waals surface area contributed by atoms with Crippen LogP contribution in [0.15, 0.2) is 18.3 Å². The van der Waals surface area contributed by atoms with E-state index >= 15 is 0 Å². The van der Waals surface area contributed by atoms with Gasteiger partial charge >= 0.3 is 5.97 Å². The smallest absolute Gasteiger partial charge is 0.356 e. The average Bonchev–Trinajstić information content (AvgIpc) is 2.39. The lowest BCUT2D eigenvalue weighted by Crippen LogP contribution is -2.05. The molecule has 0 fully saturated rings. The van der Waals surface area contributed by atoms with Crippen LogP contribution in [-0.2, 0) is 0 Å². The van der Waals surface area contributed by atoms with Gasteiger partial charge in [-0.1, -0.05) is 11.6 Å². The third kappa shape index (κ3) is 2.35. The van der Waals surface area contributed by atoms with Crippen LogP contribution in [0.3, 0.4) is 0 Å². The predicted molar refractivity (Wildman–Crippen MR) is 61.6 cm³/mol. The Balaban J connectivity index is 2.44. The quantitative estimate of drug-likeness (QED) is 0.894. The number of ether oxygens (including phenoxy) is 1. The summed E-state index contributed by atoms with van der Waals surface area (Å²) >= 11 is 5.66. The third-order valence-corrected chi connectivity index (χ3v) is 2.30. The van der Waals surface area contributed by atoms with E-state index in [0.717, 1.165) is 0 Å². The standard InChI is InChI=1S/C10H7ClN4O3/c1-18-7-3-2-6(14-15-7)9-12-4-5(11)8(13-9)10(16)17/h2-4H,1H3,(H,16,17). The number of carboxylic acid groups (broad SMARTS) is 1. The van der Waals surface area contributed by atoms with E-state index in [2.05, 4.69) is 20.2 Å². The van der Waals surface area contributed by atoms with Crippen molar-refractivity contribution in [3.63, 3.8) is 0 Å². The maximum Gasteiger partial charge on any atom is 0.356 e. The molecule has 1 N–H and O–H groups in total. The van der Waals surface area contributed by atoms with Crippen molar-refractivity contribution in [1.82, 2.24) is 20.2 Å². The van der Waals surface area contributed by atoms with Crippen molar-refractivity contribution >= 4 is 17.6 Å². The molecule has 0 aliphatic heterocycles. The lowest BCUT2D eigenvalue weighted by Gasteiger charge is -2.02. The van der Waals surface area contributed by atoms with Crippen LogP contribution in [-0.4, -0.2) is 38.4 Å². The van der Waals surface area contributed by atoms with Crippen molar-refractivity contribution in [3.05, 3.63) is 29.0 Å². The van der Waals surface area contributed by atoms with Gasteiger partial charge in [0.15, 0.2) is 11.5 Å². The molecule has 0 unspecified atom stereocenters. The van der Waals surface area contributed by atoms with Gasteiger partial charge in [-0.05, 0) is 6.07 Å². The zero-order valence-electron chi connectivity index (χ0n) is 9.16. The molecular weight excluding hydrogens is 260 g/mol. The average molecular weight is 267 g/mol. The monoisotopic (exact) mass is 266 g/mol. The zero-order valence-corrected chi connectivity index (χ0v) is 9.92. The van der Waals surface area contributed by atoms with Gasteiger partial charge in [-0.3, -0.25) is 0 Å². The molecule has 7 nitrogen and oxygen atoms in total. The van der Waals surface area contributed by atoms with E-state index < -0.39 is 5.97 Å². The summed E-state index contributed by atoms with van der Waals surface area (Å²) in [6.07, 6.45) is 1.21. The normalized spacial score (nSPS) is 10.1. The highest BCUT2D eigenvalue weighted by Crippen LogP contribution is 2.18. The van der Waals surface area contributed by atoms with E-state index in [0.29, 0.717) is 11.6 Å². The summed E-state index contributed by atoms with van der Waals surface area (Å²) in [5, 5.41) is 16.4. The lowest BCUT2D eigenvalue weighted by atomic mass is 10.3. The largest absolute Gasteiger partial charge is 0.480 e. The minimum absolute atomic E-state index is 0.0345. The summed E-state index contributed by atoms with van der Waals surface area (Å²) in [6.45, 7) is 0. The summed E-state index contributed by atoms with van der Waals surface area (Å²) in [4.78, 5) is 18.6. The van der Waals surface area contributed by atoms with Gasteiger partial charge in [-0.25, -0.2) is 14.8 Å². The number of hydrogen-bond donors (Lipinski definition) is 1. The van der Waals surface area contributed by atoms with E-state index in [1.807, 2.05) is 0 Å². The fourth-order valence-corrected chi connectivity index (χ4v) is 1.36. The van der Waals surface area contributed by atoms with Gasteiger partial charge in [0.25, 0.3) is 0 Å². The number of aromatic carboxylic acids is 1. The fourth-order valence-electron chi connectivity index (χ4n) is 1.19. The fraction of sp³-hybridized carbons (Fsp3) is 0.100. The summed E-state index contributed by atoms with van der Waals surface area (Å²) < 4.78 is 4.86. The van der Waals surface area contributed by atoms with Gasteiger partial charge in [0.2, 0.25) is 5.88 Å². The Labute approximate surface area is 106 Å². The second-order valence-corrected chi connectivity index (χ2v) is 3.56. The Hall–Kier alpha value is -2.28. The van der Waals surface area contributed by atoms with E-state index in [1.165, 1.54) is 13.3 Å². The van der Waals surface area contributed by atoms with Crippen molar-refractivity contribution in [2.24, 2.45) is 0 Å². The summed E-state index contributed by atoms with van der Waals surface area (Å²) in [5.74, 6) is -0.761. The number of aromatic nitrogens is 4. The van der Waals surface area contributed by atoms with Crippen molar-refractivity contribution in [2.75, 3.05) is 7.11 Å². The van der Waals surface area contributed by atoms with Crippen molar-refractivity contribution in [3.8, 4) is 17.4 Å². The molecule has 0 bridgehead atoms. The Morgan fingerprint density at radius 2 is 2.17 bits per heavy atom. The van der Waals surface area contributed by atoms with Crippen LogP contribution < -0.4 is 4.74 Å². The highest BCUT2D eigenvalue weighted by atomic mass is 35.5. The third-order valence-electron chi connectivity index (χ3n) is 2.02. The Morgan fingerprint density at radius 1 is 1.39 bits per heavy atom. The van der Waals surface area contributed by atoms with Crippen LogP contribution in [0.4, 0.5) is 0 Å². The van der Waals surface area contributed by atoms with E-state index in [-0.39, 0.29) is 16.5 Å². The Kier molecular flexibility index (Phi) is 3.33. The molecule has 2 aromatic rings. The van der Waals surface area contributed by atoms with Crippen LogP contribution >= 0.6 is 11.6 Å². The molecule has 0 saturated carbocycles.